The number of nitrogens with zero attached hydrogens (tertiary/aromatic N) is 4. The Kier molecular flexibility index (Phi) is 10.7. The Balaban J connectivity index is 1.30. The van der Waals surface area contributed by atoms with Crippen LogP contribution in [0.5, 0.6) is 17.2 Å². The lowest BCUT2D eigenvalue weighted by molar-refractivity contribution is -0.122. The highest BCUT2D eigenvalue weighted by atomic mass is 32.3. The molecule has 0 aliphatic carbocycles. The summed E-state index contributed by atoms with van der Waals surface area (Å²) >= 11 is 0. The first-order chi connectivity index (χ1) is 22.1. The molecule has 0 unspecified atom stereocenters. The highest BCUT2D eigenvalue weighted by molar-refractivity contribution is 8.32. The van der Waals surface area contributed by atoms with Gasteiger partial charge in [0.2, 0.25) is 5.89 Å². The van der Waals surface area contributed by atoms with Crippen molar-refractivity contribution < 1.29 is 28.2 Å². The first-order valence-corrected chi connectivity index (χ1v) is 18.0. The molecular formula is C34H42N4O7S. The van der Waals surface area contributed by atoms with E-state index < -0.39 is 15.8 Å². The minimum atomic E-state index is -0.716. The zero-order valence-corrected chi connectivity index (χ0v) is 27.9. The Morgan fingerprint density at radius 3 is 2.11 bits per heavy atom. The molecular weight excluding hydrogens is 608 g/mol. The molecule has 46 heavy (non-hydrogen) atoms. The normalized spacial score (nSPS) is 13.4. The molecule has 0 fully saturated rings. The number of carbonyl (C=O) groups is 1. The monoisotopic (exact) mass is 650 g/mol. The second-order valence-corrected chi connectivity index (χ2v) is 16.5. The van der Waals surface area contributed by atoms with Gasteiger partial charge in [0.25, 0.3) is 5.91 Å². The number of hydrogen-bond donors (Lipinski definition) is 0. The van der Waals surface area contributed by atoms with E-state index in [-0.39, 0.29) is 19.2 Å². The van der Waals surface area contributed by atoms with Crippen molar-refractivity contribution in [3.05, 3.63) is 94.3 Å². The van der Waals surface area contributed by atoms with Gasteiger partial charge in [0.05, 0.1) is 32.2 Å². The predicted octanol–water partition coefficient (Wildman–Crippen LogP) is 4.48. The van der Waals surface area contributed by atoms with Gasteiger partial charge in [-0.3, -0.25) is 14.6 Å². The average molecular weight is 651 g/mol. The van der Waals surface area contributed by atoms with Crippen molar-refractivity contribution in [1.29, 1.82) is 0 Å². The van der Waals surface area contributed by atoms with Gasteiger partial charge in [-0.15, -0.1) is 5.10 Å². The number of anilines is 1. The fourth-order valence-corrected chi connectivity index (χ4v) is 5.57. The highest BCUT2D eigenvalue weighted by Gasteiger charge is 2.27. The van der Waals surface area contributed by atoms with Gasteiger partial charge in [-0.25, -0.2) is 14.8 Å². The van der Waals surface area contributed by atoms with Crippen LogP contribution in [-0.4, -0.2) is 85.8 Å². The summed E-state index contributed by atoms with van der Waals surface area (Å²) in [6, 6.07) is 21.1. The molecule has 12 heteroatoms. The quantitative estimate of drug-likeness (QED) is 0.172. The summed E-state index contributed by atoms with van der Waals surface area (Å²) in [4.78, 5) is 29.5. The van der Waals surface area contributed by atoms with Crippen LogP contribution in [0.2, 0.25) is 0 Å². The summed E-state index contributed by atoms with van der Waals surface area (Å²) in [5, 5.41) is 4.51. The van der Waals surface area contributed by atoms with Gasteiger partial charge < -0.3 is 23.4 Å². The molecule has 0 N–H and O–H groups in total. The number of amides is 1. The molecule has 3 aromatic carbocycles. The third-order valence-electron chi connectivity index (χ3n) is 7.55. The fourth-order valence-electron chi connectivity index (χ4n) is 4.96. The van der Waals surface area contributed by atoms with Crippen molar-refractivity contribution in [2.45, 2.75) is 19.5 Å². The number of fused-ring (bicyclic) bond motifs is 1. The van der Waals surface area contributed by atoms with E-state index in [1.807, 2.05) is 48.5 Å². The zero-order chi connectivity index (χ0) is 32.7. The summed E-state index contributed by atoms with van der Waals surface area (Å²) in [6.07, 6.45) is 7.08. The fraction of sp³-hybridized carbons (Fsp3) is 0.382. The van der Waals surface area contributed by atoms with Crippen LogP contribution < -0.4 is 24.9 Å². The van der Waals surface area contributed by atoms with E-state index in [0.29, 0.717) is 55.7 Å². The van der Waals surface area contributed by atoms with E-state index in [1.165, 1.54) is 4.68 Å². The van der Waals surface area contributed by atoms with E-state index >= 15 is 0 Å². The van der Waals surface area contributed by atoms with Gasteiger partial charge in [0.1, 0.15) is 24.0 Å². The smallest absolute Gasteiger partial charge is 0.441 e. The van der Waals surface area contributed by atoms with Crippen molar-refractivity contribution in [1.82, 2.24) is 14.7 Å². The molecule has 1 aromatic heterocycles. The number of hydrogen-bond acceptors (Lipinski definition) is 9. The van der Waals surface area contributed by atoms with E-state index in [9.17, 15) is 9.59 Å². The summed E-state index contributed by atoms with van der Waals surface area (Å²) in [7, 11) is 2.58. The van der Waals surface area contributed by atoms with Gasteiger partial charge in [-0.05, 0) is 72.4 Å². The molecule has 0 atom stereocenters. The standard InChI is InChI=1S/C34H42N4O7S/c1-41-28-11-6-25(7-12-28)21-36(22-26-8-13-29(42-2)14-9-26)17-16-32-35-38(34(40)45-32)27-10-15-31-30(20-27)37(33(39)23-44-31)24-43-18-19-46(3,4)5/h6-15,20H,16-19,21-24H2,1-5H3. The maximum absolute atomic E-state index is 13.0. The Hall–Kier alpha value is -4.26. The summed E-state index contributed by atoms with van der Waals surface area (Å²) in [6.45, 7) is 2.53. The third kappa shape index (κ3) is 8.71. The van der Waals surface area contributed by atoms with Crippen molar-refractivity contribution in [3.8, 4) is 22.9 Å². The van der Waals surface area contributed by atoms with Crippen molar-refractivity contribution >= 4 is 21.6 Å². The van der Waals surface area contributed by atoms with Crippen LogP contribution in [0.4, 0.5) is 5.69 Å². The largest absolute Gasteiger partial charge is 0.497 e. The minimum Gasteiger partial charge on any atom is -0.497 e. The number of benzene rings is 3. The Morgan fingerprint density at radius 1 is 0.891 bits per heavy atom. The summed E-state index contributed by atoms with van der Waals surface area (Å²) < 4.78 is 28.9. The maximum Gasteiger partial charge on any atom is 0.441 e. The van der Waals surface area contributed by atoms with Crippen molar-refractivity contribution in [2.24, 2.45) is 0 Å². The van der Waals surface area contributed by atoms with Crippen LogP contribution in [0.1, 0.15) is 17.0 Å². The Labute approximate surface area is 270 Å². The molecule has 11 nitrogen and oxygen atoms in total. The topological polar surface area (TPSA) is 108 Å². The first-order valence-electron chi connectivity index (χ1n) is 15.0. The van der Waals surface area contributed by atoms with Gasteiger partial charge in [0.15, 0.2) is 6.61 Å². The number of carbonyl (C=O) groups excluding carboxylic acids is 1. The minimum absolute atomic E-state index is 0.0716. The molecule has 1 aliphatic heterocycles. The number of ether oxygens (including phenoxy) is 4. The van der Waals surface area contributed by atoms with Crippen molar-refractivity contribution in [2.75, 3.05) is 70.1 Å². The number of rotatable bonds is 15. The van der Waals surface area contributed by atoms with Crippen LogP contribution in [-0.2, 0) is 29.0 Å². The molecule has 0 radical (unpaired) electrons. The molecule has 2 heterocycles. The van der Waals surface area contributed by atoms with E-state index in [2.05, 4.69) is 28.8 Å². The predicted molar refractivity (Wildman–Crippen MR) is 180 cm³/mol. The molecule has 0 spiro atoms. The third-order valence-corrected chi connectivity index (χ3v) is 8.94. The van der Waals surface area contributed by atoms with Gasteiger partial charge >= 0.3 is 5.76 Å². The molecule has 1 amide bonds. The average Bonchev–Trinajstić information content (AvgIpc) is 3.42. The molecule has 4 aromatic rings. The van der Waals surface area contributed by atoms with Crippen LogP contribution in [0, 0.1) is 0 Å². The van der Waals surface area contributed by atoms with Crippen LogP contribution in [0.3, 0.4) is 0 Å². The van der Waals surface area contributed by atoms with E-state index in [0.717, 1.165) is 28.4 Å². The summed E-state index contributed by atoms with van der Waals surface area (Å²) in [5.74, 6) is 2.57. The van der Waals surface area contributed by atoms with Gasteiger partial charge in [0, 0.05) is 31.8 Å². The lowest BCUT2D eigenvalue weighted by Crippen LogP contribution is -2.40. The Morgan fingerprint density at radius 2 is 1.52 bits per heavy atom. The molecule has 5 rings (SSSR count). The second kappa shape index (κ2) is 14.9. The van der Waals surface area contributed by atoms with E-state index in [1.54, 1.807) is 37.3 Å². The maximum atomic E-state index is 13.0. The lowest BCUT2D eigenvalue weighted by atomic mass is 10.1. The first kappa shape index (κ1) is 33.1. The Bertz CT molecular complexity index is 1610. The SMILES string of the molecule is COc1ccc(CN(CCc2nn(-c3ccc4c(c3)N(COCCS(C)(C)C)C(=O)CO4)c(=O)o2)Cc2ccc(OC)cc2)cc1. The second-order valence-electron chi connectivity index (χ2n) is 11.9. The van der Waals surface area contributed by atoms with Crippen LogP contribution >= 0.6 is 10.0 Å². The van der Waals surface area contributed by atoms with Gasteiger partial charge in [-0.1, -0.05) is 24.3 Å². The molecule has 0 bridgehead atoms. The molecule has 246 valence electrons. The van der Waals surface area contributed by atoms with Gasteiger partial charge in [-0.2, -0.15) is 4.68 Å². The lowest BCUT2D eigenvalue weighted by Gasteiger charge is -2.30. The highest BCUT2D eigenvalue weighted by Crippen LogP contribution is 2.35. The zero-order valence-electron chi connectivity index (χ0n) is 27.1. The molecule has 0 saturated heterocycles. The molecule has 0 saturated carbocycles. The van der Waals surface area contributed by atoms with E-state index in [4.69, 9.17) is 23.4 Å². The van der Waals surface area contributed by atoms with Crippen LogP contribution in [0.25, 0.3) is 5.69 Å². The van der Waals surface area contributed by atoms with Crippen LogP contribution in [0.15, 0.2) is 75.9 Å². The number of aromatic nitrogens is 2. The summed E-state index contributed by atoms with van der Waals surface area (Å²) in [5.41, 5.74) is 3.24. The van der Waals surface area contributed by atoms with Crippen molar-refractivity contribution in [3.63, 3.8) is 0 Å². The number of methoxy groups -OCH3 is 2. The molecule has 1 aliphatic rings.